The minimum Gasteiger partial charge on any atom is -0.497 e. The van der Waals surface area contributed by atoms with Crippen molar-refractivity contribution in [1.29, 1.82) is 0 Å². The van der Waals surface area contributed by atoms with Crippen LogP contribution in [0.4, 0.5) is 0 Å². The molecule has 0 spiro atoms. The molecule has 4 nitrogen and oxygen atoms in total. The number of rotatable bonds is 5. The van der Waals surface area contributed by atoms with E-state index in [0.717, 1.165) is 45.0 Å². The molecule has 0 bridgehead atoms. The molecule has 1 aromatic heterocycles. The van der Waals surface area contributed by atoms with Crippen molar-refractivity contribution >= 4 is 10.9 Å². The highest BCUT2D eigenvalue weighted by Gasteiger charge is 2.18. The van der Waals surface area contributed by atoms with Gasteiger partial charge in [0, 0.05) is 56.4 Å². The van der Waals surface area contributed by atoms with Gasteiger partial charge >= 0.3 is 0 Å². The second-order valence-corrected chi connectivity index (χ2v) is 6.76. The zero-order valence-electron chi connectivity index (χ0n) is 14.7. The first kappa shape index (κ1) is 16.2. The molecule has 1 aliphatic rings. The molecule has 0 aliphatic carbocycles. The van der Waals surface area contributed by atoms with Crippen molar-refractivity contribution in [1.82, 2.24) is 14.8 Å². The second kappa shape index (κ2) is 7.30. The van der Waals surface area contributed by atoms with Gasteiger partial charge in [-0.15, -0.1) is 0 Å². The topological polar surface area (TPSA) is 31.5 Å². The van der Waals surface area contributed by atoms with Crippen molar-refractivity contribution in [2.24, 2.45) is 0 Å². The van der Waals surface area contributed by atoms with E-state index in [9.17, 15) is 0 Å². The van der Waals surface area contributed by atoms with E-state index in [1.165, 1.54) is 22.0 Å². The van der Waals surface area contributed by atoms with Crippen molar-refractivity contribution in [3.8, 4) is 5.75 Å². The van der Waals surface area contributed by atoms with Gasteiger partial charge in [-0.1, -0.05) is 30.3 Å². The number of benzene rings is 2. The van der Waals surface area contributed by atoms with E-state index in [4.69, 9.17) is 4.74 Å². The molecule has 1 N–H and O–H groups in total. The fourth-order valence-corrected chi connectivity index (χ4v) is 3.64. The average Bonchev–Trinajstić information content (AvgIpc) is 3.07. The molecule has 1 fully saturated rings. The number of aromatic amines is 1. The molecule has 0 saturated carbocycles. The third kappa shape index (κ3) is 3.70. The molecule has 0 radical (unpaired) electrons. The summed E-state index contributed by atoms with van der Waals surface area (Å²) >= 11 is 0. The summed E-state index contributed by atoms with van der Waals surface area (Å²) in [6, 6.07) is 16.9. The van der Waals surface area contributed by atoms with Crippen molar-refractivity contribution in [3.05, 3.63) is 65.9 Å². The average molecular weight is 335 g/mol. The van der Waals surface area contributed by atoms with Crippen LogP contribution in [0.3, 0.4) is 0 Å². The fraction of sp³-hybridized carbons (Fsp3) is 0.333. The Labute approximate surface area is 149 Å². The van der Waals surface area contributed by atoms with E-state index in [0.29, 0.717) is 0 Å². The first-order chi connectivity index (χ1) is 12.3. The summed E-state index contributed by atoms with van der Waals surface area (Å²) in [6.45, 7) is 6.47. The summed E-state index contributed by atoms with van der Waals surface area (Å²) in [5.74, 6) is 0.940. The maximum atomic E-state index is 5.33. The Morgan fingerprint density at radius 2 is 1.68 bits per heavy atom. The number of methoxy groups -OCH3 is 1. The van der Waals surface area contributed by atoms with Gasteiger partial charge in [0.2, 0.25) is 0 Å². The number of ether oxygens (including phenoxy) is 1. The van der Waals surface area contributed by atoms with Crippen LogP contribution in [0, 0.1) is 0 Å². The first-order valence-electron chi connectivity index (χ1n) is 8.94. The van der Waals surface area contributed by atoms with Gasteiger partial charge in [-0.2, -0.15) is 0 Å². The van der Waals surface area contributed by atoms with Crippen LogP contribution in [0.1, 0.15) is 11.1 Å². The van der Waals surface area contributed by atoms with Crippen molar-refractivity contribution in [3.63, 3.8) is 0 Å². The van der Waals surface area contributed by atoms with E-state index >= 15 is 0 Å². The molecule has 4 rings (SSSR count). The highest BCUT2D eigenvalue weighted by Crippen LogP contribution is 2.20. The van der Waals surface area contributed by atoms with Gasteiger partial charge in [-0.3, -0.25) is 9.80 Å². The van der Waals surface area contributed by atoms with Gasteiger partial charge in [0.05, 0.1) is 7.11 Å². The molecule has 0 amide bonds. The lowest BCUT2D eigenvalue weighted by Gasteiger charge is -2.34. The number of nitrogens with one attached hydrogen (secondary N) is 1. The molecular weight excluding hydrogens is 310 g/mol. The zero-order valence-corrected chi connectivity index (χ0v) is 14.7. The molecule has 0 unspecified atom stereocenters. The van der Waals surface area contributed by atoms with E-state index in [-0.39, 0.29) is 0 Å². The summed E-state index contributed by atoms with van der Waals surface area (Å²) in [7, 11) is 1.72. The van der Waals surface area contributed by atoms with Crippen LogP contribution in [0.2, 0.25) is 0 Å². The maximum absolute atomic E-state index is 5.33. The quantitative estimate of drug-likeness (QED) is 0.774. The first-order valence-corrected chi connectivity index (χ1v) is 8.94. The molecule has 1 aliphatic heterocycles. The van der Waals surface area contributed by atoms with Crippen molar-refractivity contribution < 1.29 is 4.74 Å². The number of aromatic nitrogens is 1. The molecule has 25 heavy (non-hydrogen) atoms. The zero-order chi connectivity index (χ0) is 17.1. The Morgan fingerprint density at radius 1 is 0.920 bits per heavy atom. The number of hydrogen-bond donors (Lipinski definition) is 1. The van der Waals surface area contributed by atoms with Gasteiger partial charge in [-0.25, -0.2) is 0 Å². The van der Waals surface area contributed by atoms with Crippen LogP contribution < -0.4 is 4.74 Å². The molecule has 0 atom stereocenters. The minimum absolute atomic E-state index is 0.940. The lowest BCUT2D eigenvalue weighted by atomic mass is 10.1. The van der Waals surface area contributed by atoms with Crippen LogP contribution in [-0.4, -0.2) is 48.1 Å². The van der Waals surface area contributed by atoms with Gasteiger partial charge < -0.3 is 9.72 Å². The Kier molecular flexibility index (Phi) is 4.72. The molecule has 4 heteroatoms. The van der Waals surface area contributed by atoms with Gasteiger partial charge in [-0.05, 0) is 29.3 Å². The van der Waals surface area contributed by atoms with Crippen molar-refractivity contribution in [2.75, 3.05) is 33.3 Å². The summed E-state index contributed by atoms with van der Waals surface area (Å²) in [5, 5.41) is 1.35. The van der Waals surface area contributed by atoms with Crippen LogP contribution in [0.25, 0.3) is 10.9 Å². The molecule has 2 heterocycles. The normalized spacial score (nSPS) is 16.4. The van der Waals surface area contributed by atoms with E-state index in [1.807, 2.05) is 6.07 Å². The Morgan fingerprint density at radius 3 is 2.48 bits per heavy atom. The lowest BCUT2D eigenvalue weighted by Crippen LogP contribution is -2.45. The number of para-hydroxylation sites is 1. The van der Waals surface area contributed by atoms with Crippen molar-refractivity contribution in [2.45, 2.75) is 13.1 Å². The Hall–Kier alpha value is -2.30. The van der Waals surface area contributed by atoms with Crippen LogP contribution in [-0.2, 0) is 13.1 Å². The fourth-order valence-electron chi connectivity index (χ4n) is 3.64. The number of H-pyrrole nitrogens is 1. The number of nitrogens with zero attached hydrogens (tertiary/aromatic N) is 2. The van der Waals surface area contributed by atoms with Crippen LogP contribution in [0.5, 0.6) is 5.75 Å². The van der Waals surface area contributed by atoms with E-state index in [1.54, 1.807) is 7.11 Å². The van der Waals surface area contributed by atoms with Gasteiger partial charge in [0.25, 0.3) is 0 Å². The SMILES string of the molecule is COc1cccc(CN2CCN(Cc3c[nH]c4ccccc34)CC2)c1. The Bertz CT molecular complexity index is 834. The lowest BCUT2D eigenvalue weighted by molar-refractivity contribution is 0.122. The number of fused-ring (bicyclic) bond motifs is 1. The largest absolute Gasteiger partial charge is 0.497 e. The minimum atomic E-state index is 0.940. The number of piperazine rings is 1. The predicted octanol–water partition coefficient (Wildman–Crippen LogP) is 3.49. The van der Waals surface area contributed by atoms with Crippen LogP contribution in [0.15, 0.2) is 54.7 Å². The summed E-state index contributed by atoms with van der Waals surface area (Å²) < 4.78 is 5.33. The van der Waals surface area contributed by atoms with E-state index in [2.05, 4.69) is 63.4 Å². The smallest absolute Gasteiger partial charge is 0.119 e. The summed E-state index contributed by atoms with van der Waals surface area (Å²) in [5.41, 5.74) is 3.95. The Balaban J connectivity index is 1.33. The molecule has 1 saturated heterocycles. The van der Waals surface area contributed by atoms with Gasteiger partial charge in [0.15, 0.2) is 0 Å². The third-order valence-electron chi connectivity index (χ3n) is 5.07. The molecule has 130 valence electrons. The van der Waals surface area contributed by atoms with Gasteiger partial charge in [0.1, 0.15) is 5.75 Å². The maximum Gasteiger partial charge on any atom is 0.119 e. The molecular formula is C21H25N3O. The summed E-state index contributed by atoms with van der Waals surface area (Å²) in [4.78, 5) is 8.46. The monoisotopic (exact) mass is 335 g/mol. The summed E-state index contributed by atoms with van der Waals surface area (Å²) in [6.07, 6.45) is 2.16. The molecule has 3 aromatic rings. The third-order valence-corrected chi connectivity index (χ3v) is 5.07. The predicted molar refractivity (Wildman–Crippen MR) is 102 cm³/mol. The van der Waals surface area contributed by atoms with E-state index < -0.39 is 0 Å². The highest BCUT2D eigenvalue weighted by molar-refractivity contribution is 5.82. The second-order valence-electron chi connectivity index (χ2n) is 6.76. The number of hydrogen-bond acceptors (Lipinski definition) is 3. The molecule has 2 aromatic carbocycles. The standard InChI is InChI=1S/C21H25N3O/c1-25-19-6-4-5-17(13-19)15-23-9-11-24(12-10-23)16-18-14-22-21-8-3-2-7-20(18)21/h2-8,13-14,22H,9-12,15-16H2,1H3. The van der Waals surface area contributed by atoms with Crippen LogP contribution >= 0.6 is 0 Å². The highest BCUT2D eigenvalue weighted by atomic mass is 16.5.